The Bertz CT molecular complexity index is 351. The van der Waals surface area contributed by atoms with Gasteiger partial charge in [-0.2, -0.15) is 0 Å². The van der Waals surface area contributed by atoms with Crippen molar-refractivity contribution < 1.29 is 0 Å². The predicted molar refractivity (Wildman–Crippen MR) is 64.6 cm³/mol. The number of nitrogens with two attached hydrogens (primary N) is 1. The van der Waals surface area contributed by atoms with Gasteiger partial charge >= 0.3 is 0 Å². The van der Waals surface area contributed by atoms with Gasteiger partial charge in [0.2, 0.25) is 0 Å². The van der Waals surface area contributed by atoms with E-state index >= 15 is 0 Å². The fourth-order valence-electron chi connectivity index (χ4n) is 3.14. The van der Waals surface area contributed by atoms with Gasteiger partial charge < -0.3 is 5.73 Å². The summed E-state index contributed by atoms with van der Waals surface area (Å²) < 4.78 is 0. The summed E-state index contributed by atoms with van der Waals surface area (Å²) in [6.07, 6.45) is 3.68. The van der Waals surface area contributed by atoms with Crippen molar-refractivity contribution in [1.82, 2.24) is 10.9 Å². The summed E-state index contributed by atoms with van der Waals surface area (Å²) in [5.41, 5.74) is 14.3. The first-order chi connectivity index (χ1) is 7.86. The fourth-order valence-corrected chi connectivity index (χ4v) is 3.14. The minimum atomic E-state index is 0.306. The van der Waals surface area contributed by atoms with E-state index in [0.717, 1.165) is 6.42 Å². The van der Waals surface area contributed by atoms with E-state index in [1.807, 2.05) is 0 Å². The molecule has 4 N–H and O–H groups in total. The zero-order valence-electron chi connectivity index (χ0n) is 9.39. The second-order valence-corrected chi connectivity index (χ2v) is 4.96. The third-order valence-corrected chi connectivity index (χ3v) is 3.99. The van der Waals surface area contributed by atoms with Crippen LogP contribution in [0.25, 0.3) is 0 Å². The number of rotatable bonds is 1. The summed E-state index contributed by atoms with van der Waals surface area (Å²) in [6.45, 7) is 0. The Kier molecular flexibility index (Phi) is 2.67. The van der Waals surface area contributed by atoms with Gasteiger partial charge in [-0.05, 0) is 24.3 Å². The van der Waals surface area contributed by atoms with Crippen LogP contribution in [0.1, 0.15) is 30.9 Å². The quantitative estimate of drug-likeness (QED) is 0.665. The van der Waals surface area contributed by atoms with Crippen LogP contribution in [0.2, 0.25) is 0 Å². The van der Waals surface area contributed by atoms with Crippen molar-refractivity contribution in [3.63, 3.8) is 0 Å². The van der Waals surface area contributed by atoms with E-state index in [4.69, 9.17) is 5.73 Å². The summed E-state index contributed by atoms with van der Waals surface area (Å²) in [7, 11) is 0. The first-order valence-corrected chi connectivity index (χ1v) is 6.18. The molecule has 4 atom stereocenters. The molecule has 3 rings (SSSR count). The molecule has 0 amide bonds. The fraction of sp³-hybridized carbons (Fsp3) is 0.538. The van der Waals surface area contributed by atoms with Crippen LogP contribution in [-0.2, 0) is 0 Å². The van der Waals surface area contributed by atoms with E-state index in [-0.39, 0.29) is 0 Å². The normalized spacial score (nSPS) is 38.3. The minimum absolute atomic E-state index is 0.306. The molecular weight excluding hydrogens is 198 g/mol. The lowest BCUT2D eigenvalue weighted by molar-refractivity contribution is 0.273. The predicted octanol–water partition coefficient (Wildman–Crippen LogP) is 1.33. The van der Waals surface area contributed by atoms with Crippen molar-refractivity contribution >= 4 is 0 Å². The van der Waals surface area contributed by atoms with Crippen molar-refractivity contribution in [3.8, 4) is 0 Å². The van der Waals surface area contributed by atoms with Crippen molar-refractivity contribution in [2.75, 3.05) is 0 Å². The molecule has 1 saturated carbocycles. The van der Waals surface area contributed by atoms with Crippen LogP contribution in [0.4, 0.5) is 0 Å². The van der Waals surface area contributed by atoms with Gasteiger partial charge in [0, 0.05) is 12.1 Å². The van der Waals surface area contributed by atoms with Crippen molar-refractivity contribution in [1.29, 1.82) is 0 Å². The molecule has 0 radical (unpaired) electrons. The second-order valence-electron chi connectivity index (χ2n) is 4.96. The van der Waals surface area contributed by atoms with E-state index in [2.05, 4.69) is 41.2 Å². The zero-order chi connectivity index (χ0) is 11.0. The van der Waals surface area contributed by atoms with Gasteiger partial charge in [0.25, 0.3) is 0 Å². The van der Waals surface area contributed by atoms with Gasteiger partial charge in [-0.15, -0.1) is 0 Å². The number of fused-ring (bicyclic) bond motifs is 1. The van der Waals surface area contributed by atoms with Crippen LogP contribution in [0.3, 0.4) is 0 Å². The molecule has 86 valence electrons. The van der Waals surface area contributed by atoms with E-state index in [0.29, 0.717) is 24.0 Å². The van der Waals surface area contributed by atoms with Gasteiger partial charge in [0.1, 0.15) is 0 Å². The van der Waals surface area contributed by atoms with E-state index in [1.165, 1.54) is 18.4 Å². The Hall–Kier alpha value is -0.900. The lowest BCUT2D eigenvalue weighted by Crippen LogP contribution is -2.48. The van der Waals surface area contributed by atoms with Crippen molar-refractivity contribution in [2.24, 2.45) is 11.7 Å². The Balaban J connectivity index is 1.83. The highest BCUT2D eigenvalue weighted by molar-refractivity contribution is 5.22. The number of benzene rings is 1. The SMILES string of the molecule is NC1CCCC2C(c3ccccc3)NNC12. The average Bonchev–Trinajstić information content (AvgIpc) is 2.75. The molecule has 2 aliphatic rings. The van der Waals surface area contributed by atoms with Gasteiger partial charge in [-0.25, -0.2) is 5.43 Å². The summed E-state index contributed by atoms with van der Waals surface area (Å²) >= 11 is 0. The molecule has 16 heavy (non-hydrogen) atoms. The first-order valence-electron chi connectivity index (χ1n) is 6.18. The molecule has 2 fully saturated rings. The maximum Gasteiger partial charge on any atom is 0.0506 e. The molecule has 0 spiro atoms. The van der Waals surface area contributed by atoms with Crippen LogP contribution in [0.5, 0.6) is 0 Å². The Morgan fingerprint density at radius 3 is 2.69 bits per heavy atom. The minimum Gasteiger partial charge on any atom is -0.326 e. The molecule has 0 bridgehead atoms. The number of hydrazine groups is 1. The lowest BCUT2D eigenvalue weighted by Gasteiger charge is -2.32. The first kappa shape index (κ1) is 10.3. The Morgan fingerprint density at radius 2 is 1.88 bits per heavy atom. The number of hydrogen-bond donors (Lipinski definition) is 3. The van der Waals surface area contributed by atoms with E-state index in [1.54, 1.807) is 0 Å². The Labute approximate surface area is 96.4 Å². The molecule has 1 aliphatic heterocycles. The summed E-state index contributed by atoms with van der Waals surface area (Å²) in [5, 5.41) is 0. The molecular formula is C13H19N3. The van der Waals surface area contributed by atoms with Crippen LogP contribution in [0, 0.1) is 5.92 Å². The Morgan fingerprint density at radius 1 is 1.06 bits per heavy atom. The van der Waals surface area contributed by atoms with Crippen molar-refractivity contribution in [3.05, 3.63) is 35.9 Å². The molecule has 0 aromatic heterocycles. The highest BCUT2D eigenvalue weighted by atomic mass is 15.4. The topological polar surface area (TPSA) is 50.1 Å². The maximum atomic E-state index is 6.16. The maximum absolute atomic E-state index is 6.16. The van der Waals surface area contributed by atoms with Gasteiger partial charge in [0.05, 0.1) is 6.04 Å². The molecule has 1 aliphatic carbocycles. The third-order valence-electron chi connectivity index (χ3n) is 3.99. The summed E-state index contributed by atoms with van der Waals surface area (Å²) in [6, 6.07) is 11.8. The highest BCUT2D eigenvalue weighted by Gasteiger charge is 2.41. The number of hydrogen-bond acceptors (Lipinski definition) is 3. The van der Waals surface area contributed by atoms with Crippen LogP contribution in [-0.4, -0.2) is 12.1 Å². The average molecular weight is 217 g/mol. The van der Waals surface area contributed by atoms with E-state index in [9.17, 15) is 0 Å². The molecule has 1 heterocycles. The summed E-state index contributed by atoms with van der Waals surface area (Å²) in [5.74, 6) is 0.645. The monoisotopic (exact) mass is 217 g/mol. The standard InChI is InChI=1S/C13H19N3/c14-11-8-4-7-10-12(15-16-13(10)11)9-5-2-1-3-6-9/h1-3,5-6,10-13,15-16H,4,7-8,14H2. The summed E-state index contributed by atoms with van der Waals surface area (Å²) in [4.78, 5) is 0. The largest absolute Gasteiger partial charge is 0.326 e. The van der Waals surface area contributed by atoms with Gasteiger partial charge in [0.15, 0.2) is 0 Å². The second kappa shape index (κ2) is 4.17. The molecule has 3 heteroatoms. The molecule has 1 aromatic carbocycles. The van der Waals surface area contributed by atoms with Gasteiger partial charge in [-0.1, -0.05) is 36.8 Å². The lowest BCUT2D eigenvalue weighted by atomic mass is 9.77. The molecule has 1 aromatic rings. The third kappa shape index (κ3) is 1.65. The van der Waals surface area contributed by atoms with Crippen LogP contribution < -0.4 is 16.6 Å². The van der Waals surface area contributed by atoms with Gasteiger partial charge in [-0.3, -0.25) is 5.43 Å². The zero-order valence-corrected chi connectivity index (χ0v) is 9.39. The van der Waals surface area contributed by atoms with Crippen LogP contribution in [0.15, 0.2) is 30.3 Å². The van der Waals surface area contributed by atoms with Crippen molar-refractivity contribution in [2.45, 2.75) is 37.4 Å². The molecule has 1 saturated heterocycles. The van der Waals surface area contributed by atoms with Crippen LogP contribution >= 0.6 is 0 Å². The van der Waals surface area contributed by atoms with E-state index < -0.39 is 0 Å². The number of nitrogens with one attached hydrogen (secondary N) is 2. The highest BCUT2D eigenvalue weighted by Crippen LogP contribution is 2.37. The molecule has 4 unspecified atom stereocenters. The smallest absolute Gasteiger partial charge is 0.0506 e. The molecule has 3 nitrogen and oxygen atoms in total.